The lowest BCUT2D eigenvalue weighted by molar-refractivity contribution is -0.161. The molecular weight excluding hydrogens is 274 g/mol. The van der Waals surface area contributed by atoms with E-state index in [-0.39, 0.29) is 17.9 Å². The van der Waals surface area contributed by atoms with Gasteiger partial charge in [-0.2, -0.15) is 0 Å². The number of rotatable bonds is 6. The number of carbonyl (C=O) groups is 2. The molecule has 2 atom stereocenters. The molecule has 2 rings (SSSR count). The summed E-state index contributed by atoms with van der Waals surface area (Å²) in [4.78, 5) is 23.9. The number of hydrogen-bond acceptors (Lipinski definition) is 5. The van der Waals surface area contributed by atoms with Gasteiger partial charge in [-0.15, -0.1) is 0 Å². The van der Waals surface area contributed by atoms with Gasteiger partial charge in [0.1, 0.15) is 0 Å². The zero-order valence-corrected chi connectivity index (χ0v) is 12.9. The van der Waals surface area contributed by atoms with Crippen molar-refractivity contribution in [2.24, 2.45) is 5.92 Å². The summed E-state index contributed by atoms with van der Waals surface area (Å²) in [6, 6.07) is -0.273. The fraction of sp³-hybridized carbons (Fsp3) is 0.867. The first kappa shape index (κ1) is 16.2. The van der Waals surface area contributed by atoms with Gasteiger partial charge in [0.15, 0.2) is 5.79 Å². The number of carbonyl (C=O) groups excluding carboxylic acids is 2. The maximum atomic E-state index is 12.0. The number of unbranched alkanes of at least 4 members (excludes halogenated alkanes) is 2. The van der Waals surface area contributed by atoms with Crippen LogP contribution in [0.4, 0.5) is 0 Å². The normalized spacial score (nSPS) is 27.0. The van der Waals surface area contributed by atoms with E-state index in [2.05, 4.69) is 12.2 Å². The summed E-state index contributed by atoms with van der Waals surface area (Å²) in [6.45, 7) is 3.16. The van der Waals surface area contributed by atoms with Gasteiger partial charge in [-0.1, -0.05) is 19.8 Å². The SMILES string of the molecule is CCCCCC(=O)N[C@@H]1CC2(C[C@@H]1C(=O)OC)OCCO2. The summed E-state index contributed by atoms with van der Waals surface area (Å²) in [5, 5.41) is 2.95. The summed E-state index contributed by atoms with van der Waals surface area (Å²) < 4.78 is 16.2. The van der Waals surface area contributed by atoms with Crippen LogP contribution >= 0.6 is 0 Å². The zero-order valence-electron chi connectivity index (χ0n) is 12.9. The van der Waals surface area contributed by atoms with Crippen LogP contribution in [0.5, 0.6) is 0 Å². The van der Waals surface area contributed by atoms with Crippen LogP contribution in [0.2, 0.25) is 0 Å². The lowest BCUT2D eigenvalue weighted by atomic mass is 10.0. The third-order valence-electron chi connectivity index (χ3n) is 4.22. The molecule has 0 aromatic carbocycles. The molecule has 0 aromatic rings. The molecule has 1 spiro atoms. The van der Waals surface area contributed by atoms with Crippen LogP contribution < -0.4 is 5.32 Å². The lowest BCUT2D eigenvalue weighted by Crippen LogP contribution is -2.40. The van der Waals surface area contributed by atoms with Gasteiger partial charge in [0.2, 0.25) is 5.91 Å². The van der Waals surface area contributed by atoms with Crippen molar-refractivity contribution in [1.29, 1.82) is 0 Å². The highest BCUT2D eigenvalue weighted by Crippen LogP contribution is 2.41. The van der Waals surface area contributed by atoms with Gasteiger partial charge in [-0.05, 0) is 6.42 Å². The van der Waals surface area contributed by atoms with Crippen molar-refractivity contribution in [3.8, 4) is 0 Å². The van der Waals surface area contributed by atoms with Crippen molar-refractivity contribution in [2.75, 3.05) is 20.3 Å². The second-order valence-corrected chi connectivity index (χ2v) is 5.78. The Bertz CT molecular complexity index is 378. The van der Waals surface area contributed by atoms with Crippen LogP contribution in [0.15, 0.2) is 0 Å². The van der Waals surface area contributed by atoms with Crippen LogP contribution in [-0.2, 0) is 23.8 Å². The minimum atomic E-state index is -0.722. The highest BCUT2D eigenvalue weighted by Gasteiger charge is 2.52. The van der Waals surface area contributed by atoms with Crippen LogP contribution in [0, 0.1) is 5.92 Å². The van der Waals surface area contributed by atoms with Crippen molar-refractivity contribution in [3.05, 3.63) is 0 Å². The zero-order chi connectivity index (χ0) is 15.3. The third-order valence-corrected chi connectivity index (χ3v) is 4.22. The lowest BCUT2D eigenvalue weighted by Gasteiger charge is -2.21. The van der Waals surface area contributed by atoms with E-state index in [0.29, 0.717) is 32.5 Å². The second kappa shape index (κ2) is 7.22. The molecule has 1 aliphatic carbocycles. The topological polar surface area (TPSA) is 73.9 Å². The monoisotopic (exact) mass is 299 g/mol. The number of methoxy groups -OCH3 is 1. The van der Waals surface area contributed by atoms with Crippen molar-refractivity contribution in [3.63, 3.8) is 0 Å². The van der Waals surface area contributed by atoms with Crippen molar-refractivity contribution >= 4 is 11.9 Å². The number of ether oxygens (including phenoxy) is 3. The van der Waals surface area contributed by atoms with Gasteiger partial charge in [-0.25, -0.2) is 0 Å². The van der Waals surface area contributed by atoms with E-state index in [1.807, 2.05) is 0 Å². The minimum Gasteiger partial charge on any atom is -0.469 e. The molecule has 21 heavy (non-hydrogen) atoms. The van der Waals surface area contributed by atoms with Crippen LogP contribution in [0.1, 0.15) is 45.4 Å². The Kier molecular flexibility index (Phi) is 5.58. The molecule has 0 bridgehead atoms. The summed E-state index contributed by atoms with van der Waals surface area (Å²) >= 11 is 0. The quantitative estimate of drug-likeness (QED) is 0.592. The highest BCUT2D eigenvalue weighted by atomic mass is 16.7. The van der Waals surface area contributed by atoms with E-state index >= 15 is 0 Å². The Balaban J connectivity index is 1.94. The minimum absolute atomic E-state index is 0.0163. The Morgan fingerprint density at radius 1 is 1.24 bits per heavy atom. The van der Waals surface area contributed by atoms with Crippen molar-refractivity contribution in [2.45, 2.75) is 57.3 Å². The smallest absolute Gasteiger partial charge is 0.310 e. The number of hydrogen-bond donors (Lipinski definition) is 1. The molecule has 0 unspecified atom stereocenters. The van der Waals surface area contributed by atoms with Gasteiger partial charge >= 0.3 is 5.97 Å². The van der Waals surface area contributed by atoms with E-state index in [1.54, 1.807) is 0 Å². The van der Waals surface area contributed by atoms with Gasteiger partial charge in [-0.3, -0.25) is 9.59 Å². The van der Waals surface area contributed by atoms with Gasteiger partial charge in [0.05, 0.1) is 26.2 Å². The maximum absolute atomic E-state index is 12.0. The number of nitrogens with one attached hydrogen (secondary N) is 1. The second-order valence-electron chi connectivity index (χ2n) is 5.78. The first-order valence-electron chi connectivity index (χ1n) is 7.75. The molecule has 1 aliphatic heterocycles. The fourth-order valence-electron chi connectivity index (χ4n) is 3.14. The van der Waals surface area contributed by atoms with E-state index in [1.165, 1.54) is 7.11 Å². The molecular formula is C15H25NO5. The standard InChI is InChI=1S/C15H25NO5/c1-3-4-5-6-13(17)16-12-10-15(20-7-8-21-15)9-11(12)14(18)19-2/h11-12H,3-10H2,1-2H3,(H,16,17)/t11-,12+/m0/s1. The van der Waals surface area contributed by atoms with E-state index < -0.39 is 11.7 Å². The molecule has 2 fully saturated rings. The van der Waals surface area contributed by atoms with Crippen molar-refractivity contribution < 1.29 is 23.8 Å². The van der Waals surface area contributed by atoms with Crippen LogP contribution in [0.25, 0.3) is 0 Å². The predicted octanol–water partition coefficient (Wildman–Crippen LogP) is 1.38. The Morgan fingerprint density at radius 2 is 1.95 bits per heavy atom. The summed E-state index contributed by atoms with van der Waals surface area (Å²) in [7, 11) is 1.36. The molecule has 1 N–H and O–H groups in total. The molecule has 0 radical (unpaired) electrons. The number of esters is 1. The summed E-state index contributed by atoms with van der Waals surface area (Å²) in [5.41, 5.74) is 0. The first-order valence-corrected chi connectivity index (χ1v) is 7.75. The van der Waals surface area contributed by atoms with Gasteiger partial charge in [0, 0.05) is 25.3 Å². The predicted molar refractivity (Wildman–Crippen MR) is 75.4 cm³/mol. The van der Waals surface area contributed by atoms with E-state index in [9.17, 15) is 9.59 Å². The van der Waals surface area contributed by atoms with E-state index in [4.69, 9.17) is 14.2 Å². The Morgan fingerprint density at radius 3 is 2.57 bits per heavy atom. The molecule has 6 nitrogen and oxygen atoms in total. The average molecular weight is 299 g/mol. The Hall–Kier alpha value is -1.14. The van der Waals surface area contributed by atoms with Crippen LogP contribution in [0.3, 0.4) is 0 Å². The first-order chi connectivity index (χ1) is 10.1. The fourth-order valence-corrected chi connectivity index (χ4v) is 3.14. The third kappa shape index (κ3) is 3.95. The van der Waals surface area contributed by atoms with Gasteiger partial charge < -0.3 is 19.5 Å². The molecule has 2 aliphatic rings. The van der Waals surface area contributed by atoms with Crippen LogP contribution in [-0.4, -0.2) is 44.0 Å². The largest absolute Gasteiger partial charge is 0.469 e. The summed E-state index contributed by atoms with van der Waals surface area (Å²) in [5.74, 6) is -1.45. The molecule has 120 valence electrons. The number of amides is 1. The molecule has 1 saturated heterocycles. The van der Waals surface area contributed by atoms with Gasteiger partial charge in [0.25, 0.3) is 0 Å². The average Bonchev–Trinajstić information content (AvgIpc) is 3.06. The molecule has 0 aromatic heterocycles. The molecule has 1 saturated carbocycles. The Labute approximate surface area is 125 Å². The summed E-state index contributed by atoms with van der Waals surface area (Å²) in [6.07, 6.45) is 4.43. The van der Waals surface area contributed by atoms with Crippen molar-refractivity contribution in [1.82, 2.24) is 5.32 Å². The van der Waals surface area contributed by atoms with E-state index in [0.717, 1.165) is 19.3 Å². The highest BCUT2D eigenvalue weighted by molar-refractivity contribution is 5.79. The molecule has 1 heterocycles. The maximum Gasteiger partial charge on any atom is 0.310 e. The molecule has 1 amide bonds. The molecule has 6 heteroatoms.